The van der Waals surface area contributed by atoms with Gasteiger partial charge in [0.25, 0.3) is 0 Å². The maximum atomic E-state index is 12.8. The van der Waals surface area contributed by atoms with Gasteiger partial charge >= 0.3 is 12.2 Å². The van der Waals surface area contributed by atoms with Crippen molar-refractivity contribution in [2.75, 3.05) is 24.4 Å². The Bertz CT molecular complexity index is 1260. The van der Waals surface area contributed by atoms with Crippen LogP contribution in [0.25, 0.3) is 11.3 Å². The molecule has 3 rings (SSSR count). The predicted molar refractivity (Wildman–Crippen MR) is 162 cm³/mol. The molecular formula is C29H43N5O6Si. The number of ether oxygens (including phenoxy) is 3. The van der Waals surface area contributed by atoms with Gasteiger partial charge in [0.05, 0.1) is 24.5 Å². The standard InChI is InChI=1S/C29H43N5O6Si/c1-29(2,3)40-28(37)33-22-11-9-8-10-12-25(35)31-23-17-20(30-27(36)38-4)13-14-21(23)24-18-34(26(22)32-24)19-39-15-16-41(5,6)7/h8-9,13-14,17-18,22H,10-12,15-16,19H2,1-7H3,(H,30,36)(H,31,35)(H,33,37)/b9-8-/t22-/m0/s1. The van der Waals surface area contributed by atoms with Gasteiger partial charge in [-0.1, -0.05) is 31.8 Å². The highest BCUT2D eigenvalue weighted by Crippen LogP contribution is 2.33. The molecule has 3 N–H and O–H groups in total. The fourth-order valence-corrected chi connectivity index (χ4v) is 4.81. The molecule has 0 saturated heterocycles. The molecule has 0 unspecified atom stereocenters. The van der Waals surface area contributed by atoms with Crippen molar-refractivity contribution in [2.24, 2.45) is 0 Å². The van der Waals surface area contributed by atoms with Crippen molar-refractivity contribution in [3.05, 3.63) is 42.4 Å². The number of nitrogens with zero attached hydrogens (tertiary/aromatic N) is 2. The van der Waals surface area contributed by atoms with E-state index < -0.39 is 31.9 Å². The highest BCUT2D eigenvalue weighted by Gasteiger charge is 2.25. The zero-order valence-corrected chi connectivity index (χ0v) is 26.1. The van der Waals surface area contributed by atoms with Gasteiger partial charge in [0.2, 0.25) is 5.91 Å². The number of fused-ring (bicyclic) bond motifs is 4. The average Bonchev–Trinajstić information content (AvgIpc) is 3.27. The van der Waals surface area contributed by atoms with Crippen LogP contribution in [0.2, 0.25) is 25.7 Å². The summed E-state index contributed by atoms with van der Waals surface area (Å²) in [6.07, 6.45) is 5.75. The highest BCUT2D eigenvalue weighted by atomic mass is 28.3. The molecule has 1 aromatic carbocycles. The van der Waals surface area contributed by atoms with E-state index in [9.17, 15) is 14.4 Å². The number of aromatic nitrogens is 2. The SMILES string of the molecule is COC(=O)Nc1ccc2c(c1)NC(=O)CC/C=C\C[C@H](NC(=O)OC(C)(C)C)c1nc-2cn1COCC[Si](C)(C)C. The molecular weight excluding hydrogens is 542 g/mol. The number of hydrogen-bond acceptors (Lipinski definition) is 7. The number of methoxy groups -OCH3 is 1. The minimum absolute atomic E-state index is 0.178. The van der Waals surface area contributed by atoms with Crippen molar-refractivity contribution in [3.63, 3.8) is 0 Å². The number of alkyl carbamates (subject to hydrolysis) is 1. The molecule has 2 aromatic rings. The second-order valence-electron chi connectivity index (χ2n) is 12.2. The molecule has 12 heteroatoms. The van der Waals surface area contributed by atoms with Crippen LogP contribution in [-0.2, 0) is 25.7 Å². The van der Waals surface area contributed by atoms with Crippen LogP contribution in [0.3, 0.4) is 0 Å². The molecule has 0 spiro atoms. The second-order valence-corrected chi connectivity index (χ2v) is 17.8. The van der Waals surface area contributed by atoms with E-state index in [1.54, 1.807) is 18.2 Å². The number of imidazole rings is 1. The summed E-state index contributed by atoms with van der Waals surface area (Å²) in [4.78, 5) is 42.4. The Kier molecular flexibility index (Phi) is 10.7. The fraction of sp³-hybridized carbons (Fsp3) is 0.517. The molecule has 2 bridgehead atoms. The first-order chi connectivity index (χ1) is 19.2. The van der Waals surface area contributed by atoms with Gasteiger partial charge in [-0.15, -0.1) is 0 Å². The minimum Gasteiger partial charge on any atom is -0.453 e. The lowest BCUT2D eigenvalue weighted by Gasteiger charge is -2.23. The molecule has 41 heavy (non-hydrogen) atoms. The Morgan fingerprint density at radius 1 is 1.17 bits per heavy atom. The zero-order valence-electron chi connectivity index (χ0n) is 25.1. The third-order valence-corrected chi connectivity index (χ3v) is 7.82. The Balaban J connectivity index is 2.06. The first-order valence-corrected chi connectivity index (χ1v) is 17.5. The smallest absolute Gasteiger partial charge is 0.411 e. The van der Waals surface area contributed by atoms with E-state index in [2.05, 4.69) is 35.6 Å². The number of carbonyl (C=O) groups excluding carboxylic acids is 3. The van der Waals surface area contributed by atoms with Crippen LogP contribution in [0.1, 0.15) is 51.9 Å². The average molecular weight is 586 g/mol. The number of nitrogens with one attached hydrogen (secondary N) is 3. The van der Waals surface area contributed by atoms with E-state index in [0.29, 0.717) is 47.9 Å². The number of allylic oxidation sites excluding steroid dienone is 1. The molecule has 0 radical (unpaired) electrons. The number of rotatable bonds is 7. The van der Waals surface area contributed by atoms with Crippen LogP contribution in [0.5, 0.6) is 0 Å². The lowest BCUT2D eigenvalue weighted by molar-refractivity contribution is -0.116. The topological polar surface area (TPSA) is 133 Å². The summed E-state index contributed by atoms with van der Waals surface area (Å²) in [5.74, 6) is 0.417. The quantitative estimate of drug-likeness (QED) is 0.198. The van der Waals surface area contributed by atoms with Crippen molar-refractivity contribution >= 4 is 37.5 Å². The van der Waals surface area contributed by atoms with Crippen molar-refractivity contribution in [2.45, 2.75) is 84.1 Å². The summed E-state index contributed by atoms with van der Waals surface area (Å²) in [5, 5.41) is 8.56. The summed E-state index contributed by atoms with van der Waals surface area (Å²) in [6, 6.07) is 5.65. The minimum atomic E-state index is -1.29. The van der Waals surface area contributed by atoms with Crippen LogP contribution in [0, 0.1) is 0 Å². The van der Waals surface area contributed by atoms with Crippen LogP contribution in [0.15, 0.2) is 36.5 Å². The summed E-state index contributed by atoms with van der Waals surface area (Å²) in [6.45, 7) is 13.2. The van der Waals surface area contributed by atoms with Gasteiger partial charge in [0, 0.05) is 38.5 Å². The number of benzene rings is 1. The third kappa shape index (κ3) is 10.4. The fourth-order valence-electron chi connectivity index (χ4n) is 4.06. The van der Waals surface area contributed by atoms with Gasteiger partial charge < -0.3 is 29.4 Å². The van der Waals surface area contributed by atoms with Gasteiger partial charge in [-0.2, -0.15) is 0 Å². The van der Waals surface area contributed by atoms with Crippen molar-refractivity contribution in [1.29, 1.82) is 0 Å². The molecule has 0 aliphatic carbocycles. The van der Waals surface area contributed by atoms with E-state index in [1.165, 1.54) is 7.11 Å². The molecule has 1 aliphatic rings. The van der Waals surface area contributed by atoms with Gasteiger partial charge in [0.1, 0.15) is 18.2 Å². The van der Waals surface area contributed by atoms with Gasteiger partial charge in [-0.05, 0) is 57.9 Å². The molecule has 0 saturated carbocycles. The summed E-state index contributed by atoms with van der Waals surface area (Å²) < 4.78 is 18.2. The molecule has 0 fully saturated rings. The number of hydrogen-bond donors (Lipinski definition) is 3. The Morgan fingerprint density at radius 3 is 2.61 bits per heavy atom. The molecule has 2 heterocycles. The predicted octanol–water partition coefficient (Wildman–Crippen LogP) is 6.29. The zero-order chi connectivity index (χ0) is 30.2. The van der Waals surface area contributed by atoms with Crippen molar-refractivity contribution < 1.29 is 28.6 Å². The Morgan fingerprint density at radius 2 is 1.93 bits per heavy atom. The van der Waals surface area contributed by atoms with E-state index >= 15 is 0 Å². The monoisotopic (exact) mass is 585 g/mol. The number of anilines is 2. The van der Waals surface area contributed by atoms with E-state index in [4.69, 9.17) is 19.2 Å². The maximum absolute atomic E-state index is 12.8. The first-order valence-electron chi connectivity index (χ1n) is 13.8. The maximum Gasteiger partial charge on any atom is 0.411 e. The molecule has 11 nitrogen and oxygen atoms in total. The highest BCUT2D eigenvalue weighted by molar-refractivity contribution is 6.76. The van der Waals surface area contributed by atoms with Crippen LogP contribution >= 0.6 is 0 Å². The van der Waals surface area contributed by atoms with E-state index in [-0.39, 0.29) is 19.1 Å². The summed E-state index contributed by atoms with van der Waals surface area (Å²) in [5.41, 5.74) is 1.51. The first kappa shape index (κ1) is 31.9. The normalized spacial score (nSPS) is 16.7. The van der Waals surface area contributed by atoms with Crippen LogP contribution in [0.4, 0.5) is 21.0 Å². The Labute approximate surface area is 243 Å². The van der Waals surface area contributed by atoms with Crippen molar-refractivity contribution in [1.82, 2.24) is 14.9 Å². The van der Waals surface area contributed by atoms with Gasteiger partial charge in [-0.3, -0.25) is 10.1 Å². The molecule has 1 atom stereocenters. The number of carbonyl (C=O) groups is 3. The second kappa shape index (κ2) is 13.8. The van der Waals surface area contributed by atoms with Gasteiger partial charge in [0.15, 0.2) is 0 Å². The van der Waals surface area contributed by atoms with Crippen molar-refractivity contribution in [3.8, 4) is 11.3 Å². The number of amides is 3. The Hall–Kier alpha value is -3.64. The van der Waals surface area contributed by atoms with Crippen LogP contribution < -0.4 is 16.0 Å². The molecule has 1 aromatic heterocycles. The largest absolute Gasteiger partial charge is 0.453 e. The van der Waals surface area contributed by atoms with Crippen LogP contribution in [-0.4, -0.2) is 55.0 Å². The van der Waals surface area contributed by atoms with E-state index in [1.807, 2.05) is 43.7 Å². The molecule has 1 aliphatic heterocycles. The molecule has 224 valence electrons. The summed E-state index contributed by atoms with van der Waals surface area (Å²) >= 11 is 0. The van der Waals surface area contributed by atoms with Gasteiger partial charge in [-0.25, -0.2) is 14.6 Å². The lowest BCUT2D eigenvalue weighted by atomic mass is 10.1. The van der Waals surface area contributed by atoms with E-state index in [0.717, 1.165) is 6.04 Å². The third-order valence-electron chi connectivity index (χ3n) is 6.11. The summed E-state index contributed by atoms with van der Waals surface area (Å²) in [7, 11) is -0.00819. The lowest BCUT2D eigenvalue weighted by Crippen LogP contribution is -2.36. The molecule has 3 amide bonds.